The summed E-state index contributed by atoms with van der Waals surface area (Å²) in [6, 6.07) is 8.51. The van der Waals surface area contributed by atoms with Gasteiger partial charge in [0.05, 0.1) is 0 Å². The molecule has 0 unspecified atom stereocenters. The molecule has 1 aromatic carbocycles. The van der Waals surface area contributed by atoms with E-state index in [9.17, 15) is 14.4 Å². The summed E-state index contributed by atoms with van der Waals surface area (Å²) in [6.45, 7) is -0.365. The maximum Gasteiger partial charge on any atom is 0.329 e. The van der Waals surface area contributed by atoms with Crippen LogP contribution in [0.15, 0.2) is 47.6 Å². The number of benzene rings is 1. The van der Waals surface area contributed by atoms with Crippen molar-refractivity contribution in [2.45, 2.75) is 0 Å². The molecule has 0 radical (unpaired) electrons. The lowest BCUT2D eigenvalue weighted by atomic mass is 10.2. The molecule has 0 aliphatic carbocycles. The molecule has 3 rings (SSSR count). The zero-order valence-electron chi connectivity index (χ0n) is 11.9. The van der Waals surface area contributed by atoms with E-state index in [2.05, 4.69) is 15.6 Å². The summed E-state index contributed by atoms with van der Waals surface area (Å²) in [5.74, 6) is -1.02. The van der Waals surface area contributed by atoms with E-state index < -0.39 is 17.8 Å². The van der Waals surface area contributed by atoms with Crippen LogP contribution in [-0.4, -0.2) is 34.3 Å². The second kappa shape index (κ2) is 6.41. The first-order valence-electron chi connectivity index (χ1n) is 6.72. The number of imide groups is 1. The highest BCUT2D eigenvalue weighted by Gasteiger charge is 2.34. The van der Waals surface area contributed by atoms with Crippen molar-refractivity contribution in [3.05, 3.63) is 53.2 Å². The summed E-state index contributed by atoms with van der Waals surface area (Å²) >= 11 is 1.25. The SMILES string of the molecule is O=C(CN1C(=O)N/C(=C\c2ccccc2)C1=O)Nc1nccs1. The quantitative estimate of drug-likeness (QED) is 0.660. The lowest BCUT2D eigenvalue weighted by Crippen LogP contribution is -2.38. The van der Waals surface area contributed by atoms with E-state index in [0.717, 1.165) is 10.5 Å². The van der Waals surface area contributed by atoms with Crippen molar-refractivity contribution in [1.82, 2.24) is 15.2 Å². The van der Waals surface area contributed by atoms with Crippen molar-refractivity contribution in [3.63, 3.8) is 0 Å². The average molecular weight is 328 g/mol. The molecule has 1 aliphatic heterocycles. The Morgan fingerprint density at radius 3 is 2.78 bits per heavy atom. The normalized spacial score (nSPS) is 15.8. The van der Waals surface area contributed by atoms with Gasteiger partial charge in [0.15, 0.2) is 5.13 Å². The first kappa shape index (κ1) is 14.9. The Kier molecular flexibility index (Phi) is 4.15. The topological polar surface area (TPSA) is 91.4 Å². The number of aromatic nitrogens is 1. The van der Waals surface area contributed by atoms with Crippen molar-refractivity contribution in [1.29, 1.82) is 0 Å². The highest BCUT2D eigenvalue weighted by molar-refractivity contribution is 7.13. The Morgan fingerprint density at radius 1 is 1.30 bits per heavy atom. The third-order valence-corrected chi connectivity index (χ3v) is 3.74. The molecule has 1 aromatic heterocycles. The monoisotopic (exact) mass is 328 g/mol. The van der Waals surface area contributed by atoms with Gasteiger partial charge in [0.1, 0.15) is 12.2 Å². The van der Waals surface area contributed by atoms with Gasteiger partial charge in [0.25, 0.3) is 5.91 Å². The van der Waals surface area contributed by atoms with E-state index in [4.69, 9.17) is 0 Å². The minimum Gasteiger partial charge on any atom is -0.303 e. The fourth-order valence-electron chi connectivity index (χ4n) is 2.02. The minimum atomic E-state index is -0.619. The Morgan fingerprint density at radius 2 is 2.09 bits per heavy atom. The van der Waals surface area contributed by atoms with Crippen LogP contribution in [0, 0.1) is 0 Å². The molecule has 23 heavy (non-hydrogen) atoms. The van der Waals surface area contributed by atoms with Crippen LogP contribution in [0.4, 0.5) is 9.93 Å². The van der Waals surface area contributed by atoms with E-state index >= 15 is 0 Å². The van der Waals surface area contributed by atoms with Crippen LogP contribution in [0.3, 0.4) is 0 Å². The molecule has 0 bridgehead atoms. The van der Waals surface area contributed by atoms with Gasteiger partial charge >= 0.3 is 6.03 Å². The molecule has 7 nitrogen and oxygen atoms in total. The summed E-state index contributed by atoms with van der Waals surface area (Å²) < 4.78 is 0. The molecular formula is C15H12N4O3S. The van der Waals surface area contributed by atoms with Crippen LogP contribution in [0.1, 0.15) is 5.56 Å². The first-order valence-corrected chi connectivity index (χ1v) is 7.60. The number of nitrogens with zero attached hydrogens (tertiary/aromatic N) is 2. The number of hydrogen-bond acceptors (Lipinski definition) is 5. The molecule has 1 saturated heterocycles. The smallest absolute Gasteiger partial charge is 0.303 e. The van der Waals surface area contributed by atoms with Gasteiger partial charge in [-0.3, -0.25) is 9.59 Å². The highest BCUT2D eigenvalue weighted by atomic mass is 32.1. The number of amides is 4. The van der Waals surface area contributed by atoms with E-state index in [1.807, 2.05) is 30.3 Å². The molecule has 0 atom stereocenters. The molecule has 0 saturated carbocycles. The van der Waals surface area contributed by atoms with Crippen LogP contribution in [-0.2, 0) is 9.59 Å². The zero-order chi connectivity index (χ0) is 16.2. The molecule has 8 heteroatoms. The van der Waals surface area contributed by atoms with Crippen molar-refractivity contribution >= 4 is 40.4 Å². The fourth-order valence-corrected chi connectivity index (χ4v) is 2.56. The van der Waals surface area contributed by atoms with Crippen LogP contribution in [0.25, 0.3) is 6.08 Å². The number of anilines is 1. The Labute approximate surface area is 135 Å². The van der Waals surface area contributed by atoms with Gasteiger partial charge < -0.3 is 10.6 Å². The summed E-state index contributed by atoms with van der Waals surface area (Å²) in [5, 5.41) is 7.13. The van der Waals surface area contributed by atoms with Gasteiger partial charge in [-0.25, -0.2) is 14.7 Å². The molecular weight excluding hydrogens is 316 g/mol. The van der Waals surface area contributed by atoms with Crippen LogP contribution in [0.5, 0.6) is 0 Å². The number of nitrogens with one attached hydrogen (secondary N) is 2. The number of rotatable bonds is 4. The van der Waals surface area contributed by atoms with Gasteiger partial charge in [0.2, 0.25) is 5.91 Å². The van der Waals surface area contributed by atoms with Crippen molar-refractivity contribution < 1.29 is 14.4 Å². The highest BCUT2D eigenvalue weighted by Crippen LogP contribution is 2.15. The number of hydrogen-bond donors (Lipinski definition) is 2. The second-order valence-corrected chi connectivity index (χ2v) is 5.57. The predicted molar refractivity (Wildman–Crippen MR) is 85.4 cm³/mol. The molecule has 116 valence electrons. The van der Waals surface area contributed by atoms with Gasteiger partial charge in [-0.15, -0.1) is 11.3 Å². The molecule has 0 spiro atoms. The van der Waals surface area contributed by atoms with Crippen molar-refractivity contribution in [2.75, 3.05) is 11.9 Å². The Bertz CT molecular complexity index is 771. The standard InChI is InChI=1S/C15H12N4O3S/c20-12(18-14-16-6-7-23-14)9-19-13(21)11(17-15(19)22)8-10-4-2-1-3-5-10/h1-8H,9H2,(H,17,22)(H,16,18,20)/b11-8-. The number of thiazole rings is 1. The van der Waals surface area contributed by atoms with Gasteiger partial charge in [-0.2, -0.15) is 0 Å². The molecule has 1 fully saturated rings. The number of carbonyl (C=O) groups is 3. The Hall–Kier alpha value is -3.00. The maximum atomic E-state index is 12.2. The molecule has 2 N–H and O–H groups in total. The van der Waals surface area contributed by atoms with E-state index in [-0.39, 0.29) is 12.2 Å². The summed E-state index contributed by atoms with van der Waals surface area (Å²) in [4.78, 5) is 40.8. The second-order valence-electron chi connectivity index (χ2n) is 4.68. The number of carbonyl (C=O) groups excluding carboxylic acids is 3. The lowest BCUT2D eigenvalue weighted by Gasteiger charge is -2.10. The molecule has 1 aliphatic rings. The van der Waals surface area contributed by atoms with Crippen molar-refractivity contribution in [2.24, 2.45) is 0 Å². The third-order valence-electron chi connectivity index (χ3n) is 3.05. The van der Waals surface area contributed by atoms with Gasteiger partial charge in [0, 0.05) is 11.6 Å². The molecule has 4 amide bonds. The van der Waals surface area contributed by atoms with Crippen LogP contribution < -0.4 is 10.6 Å². The van der Waals surface area contributed by atoms with Gasteiger partial charge in [-0.05, 0) is 11.6 Å². The minimum absolute atomic E-state index is 0.142. The molecule has 2 heterocycles. The summed E-state index contributed by atoms with van der Waals surface area (Å²) in [5.41, 5.74) is 0.925. The summed E-state index contributed by atoms with van der Waals surface area (Å²) in [6.07, 6.45) is 3.12. The zero-order valence-corrected chi connectivity index (χ0v) is 12.7. The largest absolute Gasteiger partial charge is 0.329 e. The van der Waals surface area contributed by atoms with E-state index in [0.29, 0.717) is 5.13 Å². The van der Waals surface area contributed by atoms with E-state index in [1.54, 1.807) is 17.7 Å². The lowest BCUT2D eigenvalue weighted by molar-refractivity contribution is -0.127. The van der Waals surface area contributed by atoms with Crippen LogP contribution >= 0.6 is 11.3 Å². The Balaban J connectivity index is 1.69. The fraction of sp³-hybridized carbons (Fsp3) is 0.0667. The molecule has 2 aromatic rings. The summed E-state index contributed by atoms with van der Waals surface area (Å²) in [7, 11) is 0. The third kappa shape index (κ3) is 3.43. The maximum absolute atomic E-state index is 12.2. The average Bonchev–Trinajstić information content (AvgIpc) is 3.13. The van der Waals surface area contributed by atoms with E-state index in [1.165, 1.54) is 11.3 Å². The predicted octanol–water partition coefficient (Wildman–Crippen LogP) is 1.67. The van der Waals surface area contributed by atoms with Crippen molar-refractivity contribution in [3.8, 4) is 0 Å². The van der Waals surface area contributed by atoms with Crippen LogP contribution in [0.2, 0.25) is 0 Å². The number of urea groups is 1. The van der Waals surface area contributed by atoms with Gasteiger partial charge in [-0.1, -0.05) is 30.3 Å². The first-order chi connectivity index (χ1) is 11.1.